The molecule has 3 rings (SSSR count). The quantitative estimate of drug-likeness (QED) is 0.283. The molecule has 0 atom stereocenters. The molecule has 2 aromatic rings. The highest BCUT2D eigenvalue weighted by atomic mass is 79.9. The number of rotatable bonds is 8. The van der Waals surface area contributed by atoms with E-state index in [1.807, 2.05) is 66.4 Å². The fourth-order valence-electron chi connectivity index (χ4n) is 3.96. The van der Waals surface area contributed by atoms with E-state index in [-0.39, 0.29) is 17.9 Å². The molecule has 0 unspecified atom stereocenters. The summed E-state index contributed by atoms with van der Waals surface area (Å²) in [7, 11) is 0. The van der Waals surface area contributed by atoms with Crippen LogP contribution in [0, 0.1) is 0 Å². The van der Waals surface area contributed by atoms with E-state index in [1.54, 1.807) is 13.8 Å². The molecule has 5 nitrogen and oxygen atoms in total. The van der Waals surface area contributed by atoms with Crippen molar-refractivity contribution in [3.05, 3.63) is 60.2 Å². The second-order valence-corrected chi connectivity index (χ2v) is 10.8. The number of nitrogens with zero attached hydrogens (tertiary/aromatic N) is 2. The van der Waals surface area contributed by atoms with E-state index < -0.39 is 4.32 Å². The van der Waals surface area contributed by atoms with Crippen LogP contribution in [0.1, 0.15) is 45.6 Å². The summed E-state index contributed by atoms with van der Waals surface area (Å²) in [5.41, 5.74) is 2.22. The minimum Gasteiger partial charge on any atom is -0.426 e. The van der Waals surface area contributed by atoms with Crippen molar-refractivity contribution in [2.24, 2.45) is 0 Å². The summed E-state index contributed by atoms with van der Waals surface area (Å²) < 4.78 is 4.70. The largest absolute Gasteiger partial charge is 0.426 e. The highest BCUT2D eigenvalue weighted by Gasteiger charge is 2.28. The van der Waals surface area contributed by atoms with Gasteiger partial charge in [0.2, 0.25) is 5.91 Å². The first-order chi connectivity index (χ1) is 15.3. The van der Waals surface area contributed by atoms with Gasteiger partial charge < -0.3 is 14.5 Å². The van der Waals surface area contributed by atoms with E-state index in [0.29, 0.717) is 12.2 Å². The number of alkyl halides is 1. The van der Waals surface area contributed by atoms with Gasteiger partial charge in [0.05, 0.1) is 0 Å². The number of para-hydroxylation sites is 1. The normalized spacial score (nSPS) is 15.4. The Morgan fingerprint density at radius 2 is 1.69 bits per heavy atom. The number of piperidine rings is 1. The van der Waals surface area contributed by atoms with E-state index in [0.717, 1.165) is 44.6 Å². The van der Waals surface area contributed by atoms with Crippen molar-refractivity contribution in [1.29, 1.82) is 0 Å². The molecule has 0 N–H and O–H groups in total. The number of likely N-dealkylation sites (tertiary alicyclic amines) is 1. The smallest absolute Gasteiger partial charge is 0.327 e. The predicted molar refractivity (Wildman–Crippen MR) is 132 cm³/mol. The Balaban J connectivity index is 1.50. The van der Waals surface area contributed by atoms with Crippen molar-refractivity contribution in [2.75, 3.05) is 24.5 Å². The maximum Gasteiger partial charge on any atom is 0.327 e. The molecule has 0 aliphatic carbocycles. The van der Waals surface area contributed by atoms with Crippen LogP contribution >= 0.6 is 15.9 Å². The third-order valence-corrected chi connectivity index (χ3v) is 6.19. The van der Waals surface area contributed by atoms with Crippen LogP contribution in [0.2, 0.25) is 0 Å². The number of carbonyl (C=O) groups is 2. The molecule has 32 heavy (non-hydrogen) atoms. The molecule has 1 heterocycles. The molecule has 1 aliphatic heterocycles. The maximum atomic E-state index is 12.6. The van der Waals surface area contributed by atoms with Crippen molar-refractivity contribution < 1.29 is 14.3 Å². The molecule has 1 saturated heterocycles. The summed E-state index contributed by atoms with van der Waals surface area (Å²) in [6.07, 6.45) is 3.43. The monoisotopic (exact) mass is 500 g/mol. The van der Waals surface area contributed by atoms with Crippen LogP contribution in [0.15, 0.2) is 54.6 Å². The second kappa shape index (κ2) is 11.1. The van der Waals surface area contributed by atoms with Crippen molar-refractivity contribution in [3.8, 4) is 5.75 Å². The van der Waals surface area contributed by atoms with Crippen LogP contribution in [-0.2, 0) is 16.0 Å². The number of anilines is 1. The number of hydrogen-bond donors (Lipinski definition) is 0. The summed E-state index contributed by atoms with van der Waals surface area (Å²) in [4.78, 5) is 29.1. The Kier molecular flexibility index (Phi) is 8.49. The lowest BCUT2D eigenvalue weighted by atomic mass is 10.0. The first-order valence-electron chi connectivity index (χ1n) is 11.4. The maximum absolute atomic E-state index is 12.6. The summed E-state index contributed by atoms with van der Waals surface area (Å²) in [5.74, 6) is 0.451. The minimum atomic E-state index is -0.699. The first-order valence-corrected chi connectivity index (χ1v) is 12.2. The van der Waals surface area contributed by atoms with Crippen LogP contribution in [0.4, 0.5) is 5.69 Å². The van der Waals surface area contributed by atoms with Crippen LogP contribution in [-0.4, -0.2) is 46.8 Å². The molecule has 0 bridgehead atoms. The van der Waals surface area contributed by atoms with Crippen molar-refractivity contribution in [3.63, 3.8) is 0 Å². The Labute approximate surface area is 199 Å². The molecular weight excluding hydrogens is 468 g/mol. The fraction of sp³-hybridized carbons (Fsp3) is 0.462. The van der Waals surface area contributed by atoms with Crippen molar-refractivity contribution in [1.82, 2.24) is 4.90 Å². The molecule has 1 aliphatic rings. The summed E-state index contributed by atoms with van der Waals surface area (Å²) in [6.45, 7) is 8.42. The SMILES string of the molecule is CCC(=O)N(c1ccccc1)C1CCN(CCc2ccc(OC(=O)C(C)(C)Br)cc2)CC1. The Bertz CT molecular complexity index is 886. The number of esters is 1. The van der Waals surface area contributed by atoms with Gasteiger partial charge >= 0.3 is 5.97 Å². The Hall–Kier alpha value is -2.18. The fourth-order valence-corrected chi connectivity index (χ4v) is 4.04. The number of ether oxygens (including phenoxy) is 1. The first kappa shape index (κ1) is 24.5. The topological polar surface area (TPSA) is 49.9 Å². The Morgan fingerprint density at radius 3 is 2.25 bits per heavy atom. The number of amides is 1. The number of carbonyl (C=O) groups excluding carboxylic acids is 2. The second-order valence-electron chi connectivity index (χ2n) is 8.78. The number of benzene rings is 2. The van der Waals surface area contributed by atoms with Gasteiger partial charge in [-0.1, -0.05) is 53.2 Å². The molecule has 6 heteroatoms. The zero-order valence-electron chi connectivity index (χ0n) is 19.2. The number of halogens is 1. The summed E-state index contributed by atoms with van der Waals surface area (Å²) in [5, 5.41) is 0. The minimum absolute atomic E-state index is 0.193. The molecule has 0 radical (unpaired) electrons. The van der Waals surface area contributed by atoms with E-state index in [9.17, 15) is 9.59 Å². The zero-order chi connectivity index (χ0) is 23.1. The van der Waals surface area contributed by atoms with Crippen LogP contribution in [0.5, 0.6) is 5.75 Å². The van der Waals surface area contributed by atoms with Gasteiger partial charge in [-0.15, -0.1) is 0 Å². The van der Waals surface area contributed by atoms with Gasteiger partial charge in [-0.05, 0) is 62.9 Å². The lowest BCUT2D eigenvalue weighted by Gasteiger charge is -2.38. The van der Waals surface area contributed by atoms with Gasteiger partial charge in [-0.3, -0.25) is 9.59 Å². The lowest BCUT2D eigenvalue weighted by molar-refractivity contribution is -0.136. The average Bonchev–Trinajstić information content (AvgIpc) is 2.79. The van der Waals surface area contributed by atoms with Gasteiger partial charge in [0.25, 0.3) is 0 Å². The van der Waals surface area contributed by atoms with Crippen LogP contribution in [0.25, 0.3) is 0 Å². The van der Waals surface area contributed by atoms with E-state index >= 15 is 0 Å². The molecule has 172 valence electrons. The van der Waals surface area contributed by atoms with Crippen LogP contribution < -0.4 is 9.64 Å². The highest BCUT2D eigenvalue weighted by molar-refractivity contribution is 9.10. The summed E-state index contributed by atoms with van der Waals surface area (Å²) in [6, 6.07) is 18.0. The molecule has 1 amide bonds. The lowest BCUT2D eigenvalue weighted by Crippen LogP contribution is -2.47. The van der Waals surface area contributed by atoms with Gasteiger partial charge in [0, 0.05) is 37.8 Å². The zero-order valence-corrected chi connectivity index (χ0v) is 20.8. The molecule has 2 aromatic carbocycles. The van der Waals surface area contributed by atoms with Gasteiger partial charge in [0.1, 0.15) is 10.1 Å². The van der Waals surface area contributed by atoms with Gasteiger partial charge in [-0.2, -0.15) is 0 Å². The molecule has 0 spiro atoms. The molecular formula is C26H33BrN2O3. The van der Waals surface area contributed by atoms with Gasteiger partial charge in [-0.25, -0.2) is 0 Å². The van der Waals surface area contributed by atoms with Crippen molar-refractivity contribution in [2.45, 2.75) is 56.8 Å². The number of hydrogen-bond acceptors (Lipinski definition) is 4. The van der Waals surface area contributed by atoms with Gasteiger partial charge in [0.15, 0.2) is 0 Å². The van der Waals surface area contributed by atoms with Crippen molar-refractivity contribution >= 4 is 33.5 Å². The molecule has 1 fully saturated rings. The average molecular weight is 501 g/mol. The van der Waals surface area contributed by atoms with E-state index in [1.165, 1.54) is 5.56 Å². The Morgan fingerprint density at radius 1 is 1.06 bits per heavy atom. The standard InChI is InChI=1S/C26H33BrN2O3/c1-4-24(30)29(21-8-6-5-7-9-21)22-15-18-28(19-16-22)17-14-20-10-12-23(13-11-20)32-25(31)26(2,3)27/h5-13,22H,4,14-19H2,1-3H3. The molecule has 0 aromatic heterocycles. The predicted octanol–water partition coefficient (Wildman–Crippen LogP) is 5.22. The third-order valence-electron chi connectivity index (χ3n) is 5.86. The van der Waals surface area contributed by atoms with E-state index in [4.69, 9.17) is 4.74 Å². The third kappa shape index (κ3) is 6.66. The van der Waals surface area contributed by atoms with E-state index in [2.05, 4.69) is 20.8 Å². The molecule has 0 saturated carbocycles. The highest BCUT2D eigenvalue weighted by Crippen LogP contribution is 2.25. The summed E-state index contributed by atoms with van der Waals surface area (Å²) >= 11 is 3.32. The van der Waals surface area contributed by atoms with Crippen LogP contribution in [0.3, 0.4) is 0 Å².